The number of nitrogens with one attached hydrogen (secondary N) is 1. The maximum absolute atomic E-state index is 4.08. The quantitative estimate of drug-likeness (QED) is 0.824. The van der Waals surface area contributed by atoms with E-state index >= 15 is 0 Å². The lowest BCUT2D eigenvalue weighted by atomic mass is 10.0. The van der Waals surface area contributed by atoms with Crippen LogP contribution in [-0.2, 0) is 6.54 Å². The van der Waals surface area contributed by atoms with Crippen molar-refractivity contribution in [3.8, 4) is 0 Å². The van der Waals surface area contributed by atoms with Crippen molar-refractivity contribution in [1.82, 2.24) is 14.9 Å². The lowest BCUT2D eigenvalue weighted by Gasteiger charge is -2.24. The van der Waals surface area contributed by atoms with Crippen molar-refractivity contribution in [2.24, 2.45) is 0 Å². The molecule has 0 aliphatic rings. The normalized spacial score (nSPS) is 14.2. The minimum Gasteiger partial charge on any atom is -0.336 e. The zero-order valence-corrected chi connectivity index (χ0v) is 11.8. The number of rotatable bonds is 7. The van der Waals surface area contributed by atoms with Gasteiger partial charge in [0.05, 0.1) is 6.33 Å². The van der Waals surface area contributed by atoms with Gasteiger partial charge in [-0.05, 0) is 18.9 Å². The van der Waals surface area contributed by atoms with Crippen molar-refractivity contribution in [3.05, 3.63) is 54.6 Å². The third-order valence-electron chi connectivity index (χ3n) is 3.31. The topological polar surface area (TPSA) is 29.9 Å². The summed E-state index contributed by atoms with van der Waals surface area (Å²) in [6, 6.07) is 11.6. The second-order valence-electron chi connectivity index (χ2n) is 5.08. The van der Waals surface area contributed by atoms with Crippen LogP contribution >= 0.6 is 0 Å². The first-order chi connectivity index (χ1) is 9.29. The van der Waals surface area contributed by atoms with Crippen LogP contribution in [0.2, 0.25) is 0 Å². The zero-order valence-electron chi connectivity index (χ0n) is 11.8. The smallest absolute Gasteiger partial charge is 0.0946 e. The van der Waals surface area contributed by atoms with Crippen LogP contribution < -0.4 is 5.32 Å². The van der Waals surface area contributed by atoms with Crippen LogP contribution in [0.15, 0.2) is 49.1 Å². The molecule has 0 amide bonds. The molecule has 1 aromatic carbocycles. The molecule has 0 radical (unpaired) electrons. The predicted molar refractivity (Wildman–Crippen MR) is 78.9 cm³/mol. The molecule has 0 fully saturated rings. The molecule has 0 aliphatic carbocycles. The molecule has 3 nitrogen and oxygen atoms in total. The molecule has 2 atom stereocenters. The molecule has 0 spiro atoms. The largest absolute Gasteiger partial charge is 0.336 e. The molecule has 0 saturated heterocycles. The van der Waals surface area contributed by atoms with E-state index in [0.717, 1.165) is 13.0 Å². The molecule has 2 rings (SSSR count). The summed E-state index contributed by atoms with van der Waals surface area (Å²) in [7, 11) is 0. The number of hydrogen-bond donors (Lipinski definition) is 1. The van der Waals surface area contributed by atoms with E-state index in [1.54, 1.807) is 0 Å². The van der Waals surface area contributed by atoms with Crippen LogP contribution in [0.5, 0.6) is 0 Å². The van der Waals surface area contributed by atoms with Gasteiger partial charge in [0.15, 0.2) is 0 Å². The summed E-state index contributed by atoms with van der Waals surface area (Å²) in [5.41, 5.74) is 1.38. The van der Waals surface area contributed by atoms with Gasteiger partial charge in [-0.15, -0.1) is 0 Å². The van der Waals surface area contributed by atoms with E-state index in [4.69, 9.17) is 0 Å². The Bertz CT molecular complexity index is 450. The summed E-state index contributed by atoms with van der Waals surface area (Å²) in [6.07, 6.45) is 8.06. The van der Waals surface area contributed by atoms with Crippen LogP contribution in [0.4, 0.5) is 0 Å². The van der Waals surface area contributed by atoms with E-state index in [2.05, 4.69) is 59.0 Å². The van der Waals surface area contributed by atoms with E-state index in [9.17, 15) is 0 Å². The van der Waals surface area contributed by atoms with Crippen molar-refractivity contribution in [3.63, 3.8) is 0 Å². The molecule has 2 unspecified atom stereocenters. The average molecular weight is 257 g/mol. The summed E-state index contributed by atoms with van der Waals surface area (Å²) in [5.74, 6) is 0. The van der Waals surface area contributed by atoms with Gasteiger partial charge in [0, 0.05) is 31.0 Å². The van der Waals surface area contributed by atoms with Crippen LogP contribution in [0.3, 0.4) is 0 Å². The molecule has 0 bridgehead atoms. The molecule has 0 saturated carbocycles. The molecule has 102 valence electrons. The zero-order chi connectivity index (χ0) is 13.5. The fourth-order valence-corrected chi connectivity index (χ4v) is 2.43. The molecule has 2 aromatic rings. The Kier molecular flexibility index (Phi) is 5.16. The summed E-state index contributed by atoms with van der Waals surface area (Å²) in [4.78, 5) is 4.08. The molecule has 19 heavy (non-hydrogen) atoms. The van der Waals surface area contributed by atoms with E-state index in [-0.39, 0.29) is 0 Å². The Hall–Kier alpha value is -1.61. The third-order valence-corrected chi connectivity index (χ3v) is 3.31. The van der Waals surface area contributed by atoms with Gasteiger partial charge in [0.25, 0.3) is 0 Å². The van der Waals surface area contributed by atoms with Gasteiger partial charge in [-0.25, -0.2) is 4.98 Å². The highest BCUT2D eigenvalue weighted by Gasteiger charge is 2.13. The van der Waals surface area contributed by atoms with E-state index < -0.39 is 0 Å². The highest BCUT2D eigenvalue weighted by molar-refractivity contribution is 5.18. The Morgan fingerprint density at radius 3 is 2.68 bits per heavy atom. The van der Waals surface area contributed by atoms with Gasteiger partial charge in [0.1, 0.15) is 0 Å². The Morgan fingerprint density at radius 1 is 1.26 bits per heavy atom. The van der Waals surface area contributed by atoms with E-state index in [1.807, 2.05) is 18.7 Å². The van der Waals surface area contributed by atoms with Gasteiger partial charge >= 0.3 is 0 Å². The fraction of sp³-hybridized carbons (Fsp3) is 0.438. The first-order valence-corrected chi connectivity index (χ1v) is 7.06. The van der Waals surface area contributed by atoms with Crippen molar-refractivity contribution in [2.75, 3.05) is 0 Å². The van der Waals surface area contributed by atoms with Crippen molar-refractivity contribution in [1.29, 1.82) is 0 Å². The molecular formula is C16H23N3. The Morgan fingerprint density at radius 2 is 2.05 bits per heavy atom. The van der Waals surface area contributed by atoms with Gasteiger partial charge < -0.3 is 9.88 Å². The first kappa shape index (κ1) is 13.8. The summed E-state index contributed by atoms with van der Waals surface area (Å²) >= 11 is 0. The Balaban J connectivity index is 1.96. The van der Waals surface area contributed by atoms with Gasteiger partial charge in [-0.3, -0.25) is 0 Å². The maximum Gasteiger partial charge on any atom is 0.0946 e. The van der Waals surface area contributed by atoms with E-state index in [0.29, 0.717) is 12.1 Å². The molecule has 0 aliphatic heterocycles. The summed E-state index contributed by atoms with van der Waals surface area (Å²) in [5, 5.41) is 3.72. The predicted octanol–water partition coefficient (Wildman–Crippen LogP) is 3.40. The van der Waals surface area contributed by atoms with Crippen LogP contribution in [0.1, 0.15) is 38.3 Å². The number of benzene rings is 1. The number of hydrogen-bond acceptors (Lipinski definition) is 2. The van der Waals surface area contributed by atoms with Crippen molar-refractivity contribution < 1.29 is 0 Å². The SMILES string of the molecule is CCCC(NC(C)Cn1ccnc1)c1ccccc1. The number of nitrogens with zero attached hydrogens (tertiary/aromatic N) is 2. The van der Waals surface area contributed by atoms with Gasteiger partial charge in [-0.2, -0.15) is 0 Å². The highest BCUT2D eigenvalue weighted by atomic mass is 15.1. The molecular weight excluding hydrogens is 234 g/mol. The average Bonchev–Trinajstić information content (AvgIpc) is 2.92. The molecule has 3 heteroatoms. The van der Waals surface area contributed by atoms with Crippen LogP contribution in [-0.4, -0.2) is 15.6 Å². The maximum atomic E-state index is 4.08. The second-order valence-corrected chi connectivity index (χ2v) is 5.08. The standard InChI is InChI=1S/C16H23N3/c1-3-7-16(15-8-5-4-6-9-15)18-14(2)12-19-11-10-17-13-19/h4-6,8-11,13-14,16,18H,3,7,12H2,1-2H3. The second kappa shape index (κ2) is 7.10. The Labute approximate surface area is 115 Å². The molecule has 1 N–H and O–H groups in total. The third kappa shape index (κ3) is 4.21. The molecule has 1 aromatic heterocycles. The van der Waals surface area contributed by atoms with Gasteiger partial charge in [0.2, 0.25) is 0 Å². The van der Waals surface area contributed by atoms with Crippen molar-refractivity contribution in [2.45, 2.75) is 45.3 Å². The highest BCUT2D eigenvalue weighted by Crippen LogP contribution is 2.19. The summed E-state index contributed by atoms with van der Waals surface area (Å²) in [6.45, 7) is 5.41. The van der Waals surface area contributed by atoms with Crippen LogP contribution in [0.25, 0.3) is 0 Å². The fourth-order valence-electron chi connectivity index (χ4n) is 2.43. The van der Waals surface area contributed by atoms with Crippen LogP contribution in [0, 0.1) is 0 Å². The minimum absolute atomic E-state index is 0.422. The minimum atomic E-state index is 0.422. The lowest BCUT2D eigenvalue weighted by Crippen LogP contribution is -2.33. The first-order valence-electron chi connectivity index (χ1n) is 7.06. The molecule has 1 heterocycles. The lowest BCUT2D eigenvalue weighted by molar-refractivity contribution is 0.396. The monoisotopic (exact) mass is 257 g/mol. The number of imidazole rings is 1. The van der Waals surface area contributed by atoms with Crippen molar-refractivity contribution >= 4 is 0 Å². The van der Waals surface area contributed by atoms with E-state index in [1.165, 1.54) is 12.0 Å². The summed E-state index contributed by atoms with van der Waals surface area (Å²) < 4.78 is 2.12. The van der Waals surface area contributed by atoms with Gasteiger partial charge in [-0.1, -0.05) is 43.7 Å². The number of aromatic nitrogens is 2.